The molecule has 202 valence electrons. The van der Waals surface area contributed by atoms with Crippen LogP contribution >= 0.6 is 11.6 Å². The molecule has 1 aromatic carbocycles. The predicted molar refractivity (Wildman–Crippen MR) is 143 cm³/mol. The highest BCUT2D eigenvalue weighted by Gasteiger charge is 2.29. The van der Waals surface area contributed by atoms with Crippen molar-refractivity contribution in [1.29, 1.82) is 0 Å². The van der Waals surface area contributed by atoms with Gasteiger partial charge in [0.05, 0.1) is 28.6 Å². The largest absolute Gasteiger partial charge is 0.308 e. The smallest absolute Gasteiger partial charge is 0.222 e. The van der Waals surface area contributed by atoms with Crippen molar-refractivity contribution in [2.45, 2.75) is 32.2 Å². The first-order valence-electron chi connectivity index (χ1n) is 12.5. The van der Waals surface area contributed by atoms with Gasteiger partial charge in [0.15, 0.2) is 17.5 Å². The fourth-order valence-electron chi connectivity index (χ4n) is 4.57. The molecule has 6 rings (SSSR count). The molecule has 1 unspecified atom stereocenters. The number of hydrogen-bond acceptors (Lipinski definition) is 7. The summed E-state index contributed by atoms with van der Waals surface area (Å²) in [6, 6.07) is 7.85. The van der Waals surface area contributed by atoms with E-state index in [1.807, 2.05) is 16.9 Å². The third kappa shape index (κ3) is 5.17. The second-order valence-corrected chi connectivity index (χ2v) is 10.0. The quantitative estimate of drug-likeness (QED) is 0.274. The molecule has 1 amide bonds. The molecule has 0 saturated heterocycles. The van der Waals surface area contributed by atoms with Crippen LogP contribution in [0.25, 0.3) is 27.9 Å². The van der Waals surface area contributed by atoms with Crippen molar-refractivity contribution < 1.29 is 13.6 Å². The molecule has 0 bridgehead atoms. The maximum absolute atomic E-state index is 15.2. The lowest BCUT2D eigenvalue weighted by atomic mass is 10.0. The molecule has 5 aromatic rings. The Morgan fingerprint density at radius 1 is 1.10 bits per heavy atom. The van der Waals surface area contributed by atoms with Gasteiger partial charge >= 0.3 is 0 Å². The molecule has 0 spiro atoms. The van der Waals surface area contributed by atoms with Gasteiger partial charge in [-0.2, -0.15) is 9.78 Å². The number of carbonyl (C=O) groups is 1. The van der Waals surface area contributed by atoms with Crippen molar-refractivity contribution in [3.05, 3.63) is 83.8 Å². The van der Waals surface area contributed by atoms with Gasteiger partial charge in [0, 0.05) is 47.8 Å². The molecule has 40 heavy (non-hydrogen) atoms. The summed E-state index contributed by atoms with van der Waals surface area (Å²) in [6.07, 6.45) is 11.0. The zero-order valence-corrected chi connectivity index (χ0v) is 21.9. The van der Waals surface area contributed by atoms with Crippen LogP contribution < -0.4 is 5.32 Å². The summed E-state index contributed by atoms with van der Waals surface area (Å²) in [6.45, 7) is 1.29. The van der Waals surface area contributed by atoms with Crippen molar-refractivity contribution in [2.24, 2.45) is 5.92 Å². The summed E-state index contributed by atoms with van der Waals surface area (Å²) in [4.78, 5) is 20.0. The lowest BCUT2D eigenvalue weighted by Gasteiger charge is -2.18. The first-order chi connectivity index (χ1) is 19.4. The third-order valence-corrected chi connectivity index (χ3v) is 7.02. The number of anilines is 1. The summed E-state index contributed by atoms with van der Waals surface area (Å²) in [5.74, 6) is -1.22. The van der Waals surface area contributed by atoms with E-state index in [9.17, 15) is 9.18 Å². The van der Waals surface area contributed by atoms with Gasteiger partial charge in [0.2, 0.25) is 5.91 Å². The maximum Gasteiger partial charge on any atom is 0.222 e. The van der Waals surface area contributed by atoms with Gasteiger partial charge in [-0.05, 0) is 47.0 Å². The zero-order chi connectivity index (χ0) is 27.8. The molecule has 0 aliphatic heterocycles. The number of hydrogen-bond donors (Lipinski definition) is 1. The van der Waals surface area contributed by atoms with Gasteiger partial charge in [-0.3, -0.25) is 14.5 Å². The zero-order valence-electron chi connectivity index (χ0n) is 21.2. The molecule has 1 aliphatic rings. The molecule has 1 saturated carbocycles. The van der Waals surface area contributed by atoms with Crippen molar-refractivity contribution in [3.63, 3.8) is 0 Å². The molecular weight excluding hydrogens is 540 g/mol. The minimum Gasteiger partial charge on any atom is -0.308 e. The summed E-state index contributed by atoms with van der Waals surface area (Å²) in [7, 11) is 0. The Kier molecular flexibility index (Phi) is 6.76. The Labute approximate surface area is 232 Å². The summed E-state index contributed by atoms with van der Waals surface area (Å²) in [5.41, 5.74) is 3.13. The number of tetrazole rings is 1. The minimum atomic E-state index is -0.637. The van der Waals surface area contributed by atoms with Crippen molar-refractivity contribution in [2.75, 3.05) is 5.32 Å². The van der Waals surface area contributed by atoms with Gasteiger partial charge in [-0.15, -0.1) is 5.10 Å². The van der Waals surface area contributed by atoms with E-state index in [-0.39, 0.29) is 22.4 Å². The van der Waals surface area contributed by atoms with E-state index in [1.165, 1.54) is 36.3 Å². The first-order valence-corrected chi connectivity index (χ1v) is 12.9. The molecule has 1 fully saturated rings. The minimum absolute atomic E-state index is 0.0254. The van der Waals surface area contributed by atoms with Crippen LogP contribution in [0.3, 0.4) is 0 Å². The highest BCUT2D eigenvalue weighted by Crippen LogP contribution is 2.40. The number of halogens is 3. The van der Waals surface area contributed by atoms with Crippen LogP contribution in [0.5, 0.6) is 0 Å². The Morgan fingerprint density at radius 2 is 1.93 bits per heavy atom. The second kappa shape index (κ2) is 10.5. The summed E-state index contributed by atoms with van der Waals surface area (Å²) >= 11 is 6.10. The molecule has 0 radical (unpaired) electrons. The van der Waals surface area contributed by atoms with Crippen molar-refractivity contribution >= 4 is 23.3 Å². The monoisotopic (exact) mass is 561 g/mol. The Morgan fingerprint density at radius 3 is 2.60 bits per heavy atom. The molecule has 13 heteroatoms. The Bertz CT molecular complexity index is 1690. The molecule has 1 aliphatic carbocycles. The van der Waals surface area contributed by atoms with Crippen LogP contribution in [0.1, 0.15) is 37.9 Å². The molecule has 1 atom stereocenters. The van der Waals surface area contributed by atoms with Crippen LogP contribution in [0.4, 0.5) is 14.6 Å². The average Bonchev–Trinajstić information content (AvgIpc) is 3.37. The number of carbonyl (C=O) groups excluding carboxylic acids is 1. The summed E-state index contributed by atoms with van der Waals surface area (Å²) < 4.78 is 32.9. The van der Waals surface area contributed by atoms with Crippen molar-refractivity contribution in [1.82, 2.24) is 40.0 Å². The van der Waals surface area contributed by atoms with Gasteiger partial charge in [0.1, 0.15) is 6.33 Å². The van der Waals surface area contributed by atoms with Crippen LogP contribution in [-0.2, 0) is 4.79 Å². The van der Waals surface area contributed by atoms with E-state index >= 15 is 4.39 Å². The first kappa shape index (κ1) is 25.7. The molecule has 10 nitrogen and oxygen atoms in total. The third-order valence-electron chi connectivity index (χ3n) is 6.73. The van der Waals surface area contributed by atoms with Gasteiger partial charge in [-0.1, -0.05) is 30.5 Å². The number of aromatic nitrogens is 8. The van der Waals surface area contributed by atoms with E-state index < -0.39 is 17.5 Å². The van der Waals surface area contributed by atoms with E-state index in [4.69, 9.17) is 16.6 Å². The maximum atomic E-state index is 15.2. The lowest BCUT2D eigenvalue weighted by molar-refractivity contribution is -0.114. The lowest BCUT2D eigenvalue weighted by Crippen LogP contribution is -2.14. The fourth-order valence-corrected chi connectivity index (χ4v) is 4.73. The van der Waals surface area contributed by atoms with Gasteiger partial charge in [-0.25, -0.2) is 13.8 Å². The van der Waals surface area contributed by atoms with E-state index in [0.29, 0.717) is 28.3 Å². The molecule has 4 heterocycles. The van der Waals surface area contributed by atoms with E-state index in [2.05, 4.69) is 30.9 Å². The van der Waals surface area contributed by atoms with Crippen LogP contribution in [0.2, 0.25) is 5.02 Å². The average molecular weight is 562 g/mol. The van der Waals surface area contributed by atoms with Crippen LogP contribution in [0, 0.1) is 17.6 Å². The number of nitrogens with zero attached hydrogens (tertiary/aromatic N) is 8. The van der Waals surface area contributed by atoms with Gasteiger partial charge in [0.25, 0.3) is 0 Å². The normalized spacial score (nSPS) is 13.8. The Hall–Kier alpha value is -4.58. The standard InChI is InChI=1S/C27H22ClF2N9O/c1-15(40)35-27-21(29)9-18(11-32-27)19-12-34-38(13-19)24(8-16-2-3-16)22-6-4-17(10-31-22)25-23(39-14-33-36-37-39)7-5-20(28)26(25)30/h4-7,9-14,16,24H,2-3,8H2,1H3,(H,32,35,40). The number of pyridine rings is 2. The van der Waals surface area contributed by atoms with Crippen LogP contribution in [0.15, 0.2) is 61.4 Å². The molecular formula is C27H22ClF2N9O. The van der Waals surface area contributed by atoms with Gasteiger partial charge < -0.3 is 5.32 Å². The van der Waals surface area contributed by atoms with Crippen LogP contribution in [-0.4, -0.2) is 45.9 Å². The molecule has 4 aromatic heterocycles. The fraction of sp³-hybridized carbons (Fsp3) is 0.222. The number of nitrogens with one attached hydrogen (secondary N) is 1. The molecule has 1 N–H and O–H groups in total. The summed E-state index contributed by atoms with van der Waals surface area (Å²) in [5, 5.41) is 18.1. The van der Waals surface area contributed by atoms with E-state index in [1.54, 1.807) is 24.5 Å². The topological polar surface area (TPSA) is 116 Å². The second-order valence-electron chi connectivity index (χ2n) is 9.62. The number of rotatable bonds is 8. The SMILES string of the molecule is CC(=O)Nc1ncc(-c2cnn(C(CC3CC3)c3ccc(-c4c(-n5cnnn5)ccc(Cl)c4F)cn3)c2)cc1F. The Balaban J connectivity index is 1.32. The number of amides is 1. The highest BCUT2D eigenvalue weighted by molar-refractivity contribution is 6.31. The number of benzene rings is 1. The van der Waals surface area contributed by atoms with E-state index in [0.717, 1.165) is 25.0 Å². The predicted octanol–water partition coefficient (Wildman–Crippen LogP) is 5.26. The van der Waals surface area contributed by atoms with Crippen molar-refractivity contribution in [3.8, 4) is 27.9 Å². The highest BCUT2D eigenvalue weighted by atomic mass is 35.5.